The number of amides is 1. The number of hydrogen-bond acceptors (Lipinski definition) is 5. The Labute approximate surface area is 546 Å². The van der Waals surface area contributed by atoms with Crippen molar-refractivity contribution in [1.82, 2.24) is 5.32 Å². The molecule has 0 aromatic rings. The molecule has 0 heterocycles. The number of carbonyl (C=O) groups excluding carboxylic acids is 2. The first kappa shape index (κ1) is 85.6. The molecule has 2 unspecified atom stereocenters. The molecule has 0 aromatic carbocycles. The largest absolute Gasteiger partial charge is 0.466 e. The van der Waals surface area contributed by atoms with Gasteiger partial charge in [-0.25, -0.2) is 0 Å². The Hall–Kier alpha value is -1.40. The summed E-state index contributed by atoms with van der Waals surface area (Å²) in [6.45, 7) is 5.01. The lowest BCUT2D eigenvalue weighted by molar-refractivity contribution is -0.143. The third-order valence-corrected chi connectivity index (χ3v) is 19.3. The van der Waals surface area contributed by atoms with E-state index in [0.717, 1.165) is 38.5 Å². The van der Waals surface area contributed by atoms with E-state index >= 15 is 0 Å². The van der Waals surface area contributed by atoms with Crippen molar-refractivity contribution in [2.24, 2.45) is 0 Å². The van der Waals surface area contributed by atoms with Gasteiger partial charge in [0, 0.05) is 12.8 Å². The number of ether oxygens (including phenoxy) is 1. The summed E-state index contributed by atoms with van der Waals surface area (Å²) in [6, 6.07) is -0.540. The predicted octanol–water partition coefficient (Wildman–Crippen LogP) is 26.7. The maximum Gasteiger partial charge on any atom is 0.305 e. The first-order chi connectivity index (χ1) is 43.0. The quantitative estimate of drug-likeness (QED) is 0.0320. The van der Waals surface area contributed by atoms with E-state index in [2.05, 4.69) is 31.3 Å². The highest BCUT2D eigenvalue weighted by atomic mass is 16.5. The average Bonchev–Trinajstić information content (AvgIpc) is 3.52. The molecule has 0 aromatic heterocycles. The minimum absolute atomic E-state index is 0.0199. The monoisotopic (exact) mass is 1230 g/mol. The third-order valence-electron chi connectivity index (χ3n) is 19.3. The first-order valence-electron chi connectivity index (χ1n) is 40.4. The van der Waals surface area contributed by atoms with Crippen LogP contribution in [0, 0.1) is 0 Å². The fourth-order valence-corrected chi connectivity index (χ4v) is 13.2. The van der Waals surface area contributed by atoms with Crippen LogP contribution in [0.4, 0.5) is 0 Å². The Morgan fingerprint density at radius 2 is 0.540 bits per heavy atom. The second-order valence-corrected chi connectivity index (χ2v) is 28.1. The Kier molecular flexibility index (Phi) is 75.8. The molecule has 3 N–H and O–H groups in total. The number of allylic oxidation sites excluding steroid dienone is 2. The molecule has 0 rings (SSSR count). The number of esters is 1. The van der Waals surface area contributed by atoms with Gasteiger partial charge in [0.05, 0.1) is 25.4 Å². The molecule has 2 atom stereocenters. The first-order valence-corrected chi connectivity index (χ1v) is 40.4. The third kappa shape index (κ3) is 73.5. The van der Waals surface area contributed by atoms with Crippen molar-refractivity contribution in [3.63, 3.8) is 0 Å². The highest BCUT2D eigenvalue weighted by molar-refractivity contribution is 5.76. The van der Waals surface area contributed by atoms with Gasteiger partial charge in [0.25, 0.3) is 0 Å². The second-order valence-electron chi connectivity index (χ2n) is 28.1. The van der Waals surface area contributed by atoms with Gasteiger partial charge in [-0.15, -0.1) is 0 Å². The molecule has 87 heavy (non-hydrogen) atoms. The van der Waals surface area contributed by atoms with Gasteiger partial charge in [0.15, 0.2) is 0 Å². The molecule has 0 saturated heterocycles. The standard InChI is InChI=1S/C81H159NO5/c1-3-5-7-9-11-13-15-17-19-21-23-24-31-34-38-41-45-49-53-57-61-65-69-73-79(84)78(77-83)82-80(85)74-70-66-62-58-54-50-46-42-39-35-32-29-27-25-26-28-30-33-36-40-44-48-52-56-60-64-68-72-76-87-81(86)75-71-67-63-59-55-51-47-43-37-22-20-18-16-14-12-10-8-6-4-2/h18,20,78-79,83-84H,3-17,19,21-77H2,1-2H3,(H,82,85)/b20-18-. The number of unbranched alkanes of at least 4 members (excludes halogenated alkanes) is 64. The van der Waals surface area contributed by atoms with E-state index in [4.69, 9.17) is 4.74 Å². The lowest BCUT2D eigenvalue weighted by atomic mass is 10.0. The molecular weight excluding hydrogens is 1070 g/mol. The summed E-state index contributed by atoms with van der Waals surface area (Å²) in [7, 11) is 0. The van der Waals surface area contributed by atoms with Crippen LogP contribution in [-0.2, 0) is 14.3 Å². The molecule has 1 amide bonds. The highest BCUT2D eigenvalue weighted by Crippen LogP contribution is 2.20. The number of carbonyl (C=O) groups is 2. The Morgan fingerprint density at radius 1 is 0.310 bits per heavy atom. The lowest BCUT2D eigenvalue weighted by Crippen LogP contribution is -2.45. The van der Waals surface area contributed by atoms with Crippen LogP contribution in [0.2, 0.25) is 0 Å². The van der Waals surface area contributed by atoms with E-state index in [1.54, 1.807) is 0 Å². The van der Waals surface area contributed by atoms with Crippen molar-refractivity contribution in [3.05, 3.63) is 12.2 Å². The number of nitrogens with one attached hydrogen (secondary N) is 1. The SMILES string of the molecule is CCCCCCCC/C=C\CCCCCCCCCCCC(=O)OCCCCCCCCCCCCCCCCCCCCCCCCCCCCCCC(=O)NC(CO)C(O)CCCCCCCCCCCCCCCCCCCCCCCCC. The van der Waals surface area contributed by atoms with Crippen molar-refractivity contribution in [2.45, 2.75) is 482 Å². The van der Waals surface area contributed by atoms with Gasteiger partial charge in [-0.3, -0.25) is 9.59 Å². The van der Waals surface area contributed by atoms with Crippen molar-refractivity contribution in [1.29, 1.82) is 0 Å². The van der Waals surface area contributed by atoms with Gasteiger partial charge in [-0.05, 0) is 51.4 Å². The van der Waals surface area contributed by atoms with Gasteiger partial charge in [0.1, 0.15) is 0 Å². The van der Waals surface area contributed by atoms with Gasteiger partial charge in [-0.2, -0.15) is 0 Å². The summed E-state index contributed by atoms with van der Waals surface area (Å²) in [5, 5.41) is 23.5. The zero-order valence-electron chi connectivity index (χ0n) is 59.5. The average molecular weight is 1230 g/mol. The van der Waals surface area contributed by atoms with Crippen LogP contribution in [-0.4, -0.2) is 47.4 Å². The summed E-state index contributed by atoms with van der Waals surface area (Å²) >= 11 is 0. The van der Waals surface area contributed by atoms with Gasteiger partial charge >= 0.3 is 5.97 Å². The molecule has 518 valence electrons. The lowest BCUT2D eigenvalue weighted by Gasteiger charge is -2.22. The van der Waals surface area contributed by atoms with E-state index in [-0.39, 0.29) is 18.5 Å². The molecule has 0 aliphatic heterocycles. The van der Waals surface area contributed by atoms with E-state index in [0.29, 0.717) is 25.9 Å². The van der Waals surface area contributed by atoms with Crippen LogP contribution in [0.25, 0.3) is 0 Å². The predicted molar refractivity (Wildman–Crippen MR) is 384 cm³/mol. The zero-order chi connectivity index (χ0) is 62.8. The number of aliphatic hydroxyl groups is 2. The Bertz CT molecular complexity index is 1320. The fourth-order valence-electron chi connectivity index (χ4n) is 13.2. The molecule has 0 saturated carbocycles. The number of rotatable bonds is 77. The highest BCUT2D eigenvalue weighted by Gasteiger charge is 2.20. The molecular formula is C81H159NO5. The second kappa shape index (κ2) is 77.1. The Balaban J connectivity index is 3.33. The van der Waals surface area contributed by atoms with E-state index in [9.17, 15) is 19.8 Å². The van der Waals surface area contributed by atoms with Crippen molar-refractivity contribution >= 4 is 11.9 Å². The maximum absolute atomic E-state index is 12.6. The summed E-state index contributed by atoms with van der Waals surface area (Å²) in [6.07, 6.45) is 97.3. The topological polar surface area (TPSA) is 95.9 Å². The van der Waals surface area contributed by atoms with Gasteiger partial charge in [-0.1, -0.05) is 418 Å². The zero-order valence-corrected chi connectivity index (χ0v) is 59.5. The molecule has 0 aliphatic carbocycles. The van der Waals surface area contributed by atoms with Gasteiger partial charge < -0.3 is 20.3 Å². The summed E-state index contributed by atoms with van der Waals surface area (Å²) in [5.74, 6) is -0.00573. The fraction of sp³-hybridized carbons (Fsp3) is 0.951. The molecule has 0 fully saturated rings. The van der Waals surface area contributed by atoms with Crippen LogP contribution < -0.4 is 5.32 Å². The number of aliphatic hydroxyl groups excluding tert-OH is 2. The van der Waals surface area contributed by atoms with Crippen LogP contribution in [0.15, 0.2) is 12.2 Å². The maximum atomic E-state index is 12.6. The molecule has 0 radical (unpaired) electrons. The normalized spacial score (nSPS) is 12.5. The van der Waals surface area contributed by atoms with E-state index in [1.807, 2.05) is 0 Å². The molecule has 6 heteroatoms. The molecule has 0 spiro atoms. The minimum atomic E-state index is -0.663. The van der Waals surface area contributed by atoms with Crippen molar-refractivity contribution in [3.8, 4) is 0 Å². The van der Waals surface area contributed by atoms with E-state index < -0.39 is 12.1 Å². The van der Waals surface area contributed by atoms with Crippen molar-refractivity contribution < 1.29 is 24.5 Å². The van der Waals surface area contributed by atoms with Crippen LogP contribution in [0.3, 0.4) is 0 Å². The van der Waals surface area contributed by atoms with Crippen LogP contribution in [0.1, 0.15) is 470 Å². The molecule has 6 nitrogen and oxygen atoms in total. The summed E-state index contributed by atoms with van der Waals surface area (Å²) in [5.41, 5.74) is 0. The minimum Gasteiger partial charge on any atom is -0.466 e. The summed E-state index contributed by atoms with van der Waals surface area (Å²) in [4.78, 5) is 24.7. The van der Waals surface area contributed by atoms with Crippen LogP contribution in [0.5, 0.6) is 0 Å². The molecule has 0 bridgehead atoms. The van der Waals surface area contributed by atoms with Crippen LogP contribution >= 0.6 is 0 Å². The van der Waals surface area contributed by atoms with Gasteiger partial charge in [0.2, 0.25) is 5.91 Å². The summed E-state index contributed by atoms with van der Waals surface area (Å²) < 4.78 is 5.52. The molecule has 0 aliphatic rings. The number of hydrogen-bond donors (Lipinski definition) is 3. The van der Waals surface area contributed by atoms with E-state index in [1.165, 1.54) is 398 Å². The van der Waals surface area contributed by atoms with Crippen molar-refractivity contribution in [2.75, 3.05) is 13.2 Å². The Morgan fingerprint density at radius 3 is 0.816 bits per heavy atom. The smallest absolute Gasteiger partial charge is 0.305 e.